The van der Waals surface area contributed by atoms with Crippen molar-refractivity contribution in [3.8, 4) is 0 Å². The normalized spacial score (nSPS) is 41.3. The van der Waals surface area contributed by atoms with Crippen LogP contribution in [-0.2, 0) is 10.2 Å². The van der Waals surface area contributed by atoms with Gasteiger partial charge in [-0.15, -0.1) is 23.7 Å². The Labute approximate surface area is 156 Å². The van der Waals surface area contributed by atoms with Gasteiger partial charge < -0.3 is 4.74 Å². The molecule has 5 fully saturated rings. The molecule has 4 heteroatoms. The SMILES string of the molecule is Cl.c1csc(C2(CCN3CCOCC3)C3CC4CC(C3)CC2C4)c1. The molecule has 4 aliphatic carbocycles. The molecule has 0 unspecified atom stereocenters. The molecule has 4 saturated carbocycles. The van der Waals surface area contributed by atoms with Gasteiger partial charge >= 0.3 is 0 Å². The van der Waals surface area contributed by atoms with Gasteiger partial charge in [-0.25, -0.2) is 0 Å². The Balaban J connectivity index is 0.00000146. The summed E-state index contributed by atoms with van der Waals surface area (Å²) in [6.45, 7) is 5.43. The van der Waals surface area contributed by atoms with E-state index in [1.54, 1.807) is 11.3 Å². The van der Waals surface area contributed by atoms with Gasteiger partial charge in [0.2, 0.25) is 0 Å². The van der Waals surface area contributed by atoms with E-state index < -0.39 is 0 Å². The van der Waals surface area contributed by atoms with Crippen LogP contribution in [0, 0.1) is 23.7 Å². The molecule has 0 amide bonds. The van der Waals surface area contributed by atoms with Gasteiger partial charge in [0, 0.05) is 23.4 Å². The third-order valence-electron chi connectivity index (χ3n) is 7.52. The molecule has 0 N–H and O–H groups in total. The maximum atomic E-state index is 5.54. The van der Waals surface area contributed by atoms with Crippen LogP contribution in [0.1, 0.15) is 43.4 Å². The molecule has 4 bridgehead atoms. The lowest BCUT2D eigenvalue weighted by Gasteiger charge is -2.61. The van der Waals surface area contributed by atoms with Crippen molar-refractivity contribution in [3.05, 3.63) is 22.4 Å². The molecule has 1 aliphatic heterocycles. The Morgan fingerprint density at radius 3 is 2.29 bits per heavy atom. The van der Waals surface area contributed by atoms with Crippen LogP contribution >= 0.6 is 23.7 Å². The number of hydrogen-bond acceptors (Lipinski definition) is 3. The first-order valence-corrected chi connectivity index (χ1v) is 10.6. The fourth-order valence-electron chi connectivity index (χ4n) is 6.67. The van der Waals surface area contributed by atoms with E-state index in [0.29, 0.717) is 5.41 Å². The average molecular weight is 368 g/mol. The van der Waals surface area contributed by atoms with Crippen LogP contribution in [-0.4, -0.2) is 37.7 Å². The maximum Gasteiger partial charge on any atom is 0.0594 e. The highest BCUT2D eigenvalue weighted by Gasteiger charge is 2.57. The van der Waals surface area contributed by atoms with Gasteiger partial charge in [-0.05, 0) is 80.2 Å². The van der Waals surface area contributed by atoms with Crippen molar-refractivity contribution in [2.24, 2.45) is 23.7 Å². The minimum absolute atomic E-state index is 0. The van der Waals surface area contributed by atoms with E-state index >= 15 is 0 Å². The lowest BCUT2D eigenvalue weighted by atomic mass is 9.44. The monoisotopic (exact) mass is 367 g/mol. The highest BCUT2D eigenvalue weighted by atomic mass is 35.5. The smallest absolute Gasteiger partial charge is 0.0594 e. The lowest BCUT2D eigenvalue weighted by Crippen LogP contribution is -2.56. The quantitative estimate of drug-likeness (QED) is 0.771. The summed E-state index contributed by atoms with van der Waals surface area (Å²) >= 11 is 2.04. The topological polar surface area (TPSA) is 12.5 Å². The second kappa shape index (κ2) is 6.90. The van der Waals surface area contributed by atoms with Crippen molar-refractivity contribution in [1.82, 2.24) is 4.90 Å². The zero-order valence-electron chi connectivity index (χ0n) is 14.5. The fraction of sp³-hybridized carbons (Fsp3) is 0.800. The number of thiophene rings is 1. The van der Waals surface area contributed by atoms with Gasteiger partial charge in [0.1, 0.15) is 0 Å². The van der Waals surface area contributed by atoms with Crippen LogP contribution in [0.2, 0.25) is 0 Å². The van der Waals surface area contributed by atoms with Crippen molar-refractivity contribution in [2.75, 3.05) is 32.8 Å². The molecule has 5 aliphatic rings. The Morgan fingerprint density at radius 1 is 1.04 bits per heavy atom. The zero-order valence-corrected chi connectivity index (χ0v) is 16.1. The summed E-state index contributed by atoms with van der Waals surface area (Å²) in [5.74, 6) is 4.07. The van der Waals surface area contributed by atoms with Gasteiger partial charge in [-0.2, -0.15) is 0 Å². The Hall–Kier alpha value is -0.0900. The Morgan fingerprint density at radius 2 is 1.71 bits per heavy atom. The molecule has 1 saturated heterocycles. The summed E-state index contributed by atoms with van der Waals surface area (Å²) in [7, 11) is 0. The molecule has 2 nitrogen and oxygen atoms in total. The average Bonchev–Trinajstić information content (AvgIpc) is 3.10. The first-order valence-electron chi connectivity index (χ1n) is 9.68. The molecule has 24 heavy (non-hydrogen) atoms. The zero-order chi connectivity index (χ0) is 15.3. The predicted octanol–water partition coefficient (Wildman–Crippen LogP) is 4.59. The van der Waals surface area contributed by atoms with E-state index in [-0.39, 0.29) is 12.4 Å². The number of hydrogen-bond donors (Lipinski definition) is 0. The van der Waals surface area contributed by atoms with Gasteiger partial charge in [0.15, 0.2) is 0 Å². The summed E-state index contributed by atoms with van der Waals surface area (Å²) in [4.78, 5) is 4.38. The van der Waals surface area contributed by atoms with E-state index in [9.17, 15) is 0 Å². The van der Waals surface area contributed by atoms with E-state index in [1.807, 2.05) is 11.3 Å². The molecular weight excluding hydrogens is 338 g/mol. The Bertz CT molecular complexity index is 512. The molecule has 6 rings (SSSR count). The van der Waals surface area contributed by atoms with Gasteiger partial charge in [0.25, 0.3) is 0 Å². The summed E-state index contributed by atoms with van der Waals surface area (Å²) in [6.07, 6.45) is 9.03. The molecule has 1 aromatic heterocycles. The van der Waals surface area contributed by atoms with E-state index in [4.69, 9.17) is 4.74 Å². The van der Waals surface area contributed by atoms with Crippen molar-refractivity contribution in [3.63, 3.8) is 0 Å². The molecule has 2 heterocycles. The van der Waals surface area contributed by atoms with E-state index in [0.717, 1.165) is 50.0 Å². The van der Waals surface area contributed by atoms with Crippen molar-refractivity contribution >= 4 is 23.7 Å². The van der Waals surface area contributed by atoms with Crippen molar-refractivity contribution < 1.29 is 4.74 Å². The molecule has 0 radical (unpaired) electrons. The molecule has 0 atom stereocenters. The molecule has 134 valence electrons. The van der Waals surface area contributed by atoms with Crippen LogP contribution in [0.25, 0.3) is 0 Å². The number of rotatable bonds is 4. The van der Waals surface area contributed by atoms with Crippen LogP contribution in [0.15, 0.2) is 17.5 Å². The van der Waals surface area contributed by atoms with Crippen LogP contribution in [0.3, 0.4) is 0 Å². The van der Waals surface area contributed by atoms with Gasteiger partial charge in [-0.1, -0.05) is 6.07 Å². The van der Waals surface area contributed by atoms with Crippen LogP contribution in [0.5, 0.6) is 0 Å². The number of morpholine rings is 1. The first kappa shape index (κ1) is 17.3. The number of halogens is 1. The molecule has 0 spiro atoms. The first-order chi connectivity index (χ1) is 11.3. The van der Waals surface area contributed by atoms with Crippen LogP contribution < -0.4 is 0 Å². The van der Waals surface area contributed by atoms with Crippen LogP contribution in [0.4, 0.5) is 0 Å². The molecule has 0 aromatic carbocycles. The minimum atomic E-state index is 0. The highest BCUT2D eigenvalue weighted by Crippen LogP contribution is 2.64. The standard InChI is InChI=1S/C20H29NOS.ClH/c1-2-19(23-9-1)20(3-4-21-5-7-22-8-6-21)17-11-15-10-16(13-17)14-18(20)12-15;/h1-2,9,15-18H,3-8,10-14H2;1H. The van der Waals surface area contributed by atoms with E-state index in [1.165, 1.54) is 38.6 Å². The minimum Gasteiger partial charge on any atom is -0.379 e. The lowest BCUT2D eigenvalue weighted by molar-refractivity contribution is -0.0691. The van der Waals surface area contributed by atoms with Gasteiger partial charge in [-0.3, -0.25) is 4.90 Å². The maximum absolute atomic E-state index is 5.54. The second-order valence-corrected chi connectivity index (χ2v) is 9.47. The third kappa shape index (κ3) is 2.76. The molecule has 1 aromatic rings. The third-order valence-corrected chi connectivity index (χ3v) is 8.58. The predicted molar refractivity (Wildman–Crippen MR) is 102 cm³/mol. The fourth-order valence-corrected chi connectivity index (χ4v) is 7.79. The number of ether oxygens (including phenoxy) is 1. The molecular formula is C20H30ClNOS. The van der Waals surface area contributed by atoms with Crippen molar-refractivity contribution in [2.45, 2.75) is 43.9 Å². The summed E-state index contributed by atoms with van der Waals surface area (Å²) in [5.41, 5.74) is 0.514. The summed E-state index contributed by atoms with van der Waals surface area (Å²) in [6, 6.07) is 4.76. The van der Waals surface area contributed by atoms with Gasteiger partial charge in [0.05, 0.1) is 13.2 Å². The van der Waals surface area contributed by atoms with Crippen molar-refractivity contribution in [1.29, 1.82) is 0 Å². The highest BCUT2D eigenvalue weighted by molar-refractivity contribution is 7.10. The Kier molecular flexibility index (Phi) is 4.99. The summed E-state index contributed by atoms with van der Waals surface area (Å²) in [5, 5.41) is 2.32. The summed E-state index contributed by atoms with van der Waals surface area (Å²) < 4.78 is 5.54. The van der Waals surface area contributed by atoms with E-state index in [2.05, 4.69) is 22.4 Å². The largest absolute Gasteiger partial charge is 0.379 e. The number of nitrogens with zero attached hydrogens (tertiary/aromatic N) is 1. The second-order valence-electron chi connectivity index (χ2n) is 8.53.